The second kappa shape index (κ2) is 4.29. The molecule has 0 unspecified atom stereocenters. The van der Waals surface area contributed by atoms with Crippen LogP contribution in [-0.4, -0.2) is 15.7 Å². The second-order valence-electron chi connectivity index (χ2n) is 5.20. The van der Waals surface area contributed by atoms with Crippen molar-refractivity contribution < 1.29 is 9.90 Å². The van der Waals surface area contributed by atoms with E-state index in [1.165, 1.54) is 0 Å². The van der Waals surface area contributed by atoms with Gasteiger partial charge >= 0.3 is 0 Å². The fourth-order valence-electron chi connectivity index (χ4n) is 1.78. The zero-order chi connectivity index (χ0) is 13.3. The van der Waals surface area contributed by atoms with E-state index < -0.39 is 5.97 Å². The quantitative estimate of drug-likeness (QED) is 0.803. The Labute approximate surface area is 106 Å². The van der Waals surface area contributed by atoms with Crippen LogP contribution in [0.25, 0.3) is 5.69 Å². The fourth-order valence-corrected chi connectivity index (χ4v) is 1.78. The number of hydrogen-bond donors (Lipinski definition) is 0. The summed E-state index contributed by atoms with van der Waals surface area (Å²) < 4.78 is 1.66. The molecule has 94 valence electrons. The molecule has 0 aliphatic carbocycles. The van der Waals surface area contributed by atoms with E-state index in [-0.39, 0.29) is 11.1 Å². The lowest BCUT2D eigenvalue weighted by Gasteiger charge is -2.20. The average Bonchev–Trinajstić information content (AvgIpc) is 2.74. The molecular weight excluding hydrogens is 228 g/mol. The van der Waals surface area contributed by atoms with Crippen LogP contribution < -0.4 is 5.11 Å². The molecular formula is C14H15N2O2-. The molecule has 1 heterocycles. The van der Waals surface area contributed by atoms with Crippen molar-refractivity contribution in [3.8, 4) is 5.69 Å². The number of benzene rings is 1. The lowest BCUT2D eigenvalue weighted by atomic mass is 9.91. The van der Waals surface area contributed by atoms with Crippen LogP contribution in [0.4, 0.5) is 0 Å². The third kappa shape index (κ3) is 2.27. The van der Waals surface area contributed by atoms with E-state index in [2.05, 4.69) is 5.10 Å². The monoisotopic (exact) mass is 243 g/mol. The number of rotatable bonds is 2. The minimum absolute atomic E-state index is 0.0382. The SMILES string of the molecule is CC(C)(C)c1cc(C(=O)[O-])nn1-c1ccccc1. The van der Waals surface area contributed by atoms with Gasteiger partial charge in [-0.25, -0.2) is 4.68 Å². The minimum atomic E-state index is -1.25. The van der Waals surface area contributed by atoms with Crippen molar-refractivity contribution >= 4 is 5.97 Å². The van der Waals surface area contributed by atoms with Crippen molar-refractivity contribution in [1.29, 1.82) is 0 Å². The minimum Gasteiger partial charge on any atom is -0.543 e. The number of carbonyl (C=O) groups excluding carboxylic acids is 1. The maximum atomic E-state index is 10.9. The molecule has 0 spiro atoms. The summed E-state index contributed by atoms with van der Waals surface area (Å²) in [6.45, 7) is 6.05. The summed E-state index contributed by atoms with van der Waals surface area (Å²) in [5.41, 5.74) is 1.45. The van der Waals surface area contributed by atoms with Crippen LogP contribution in [0.2, 0.25) is 0 Å². The van der Waals surface area contributed by atoms with Crippen molar-refractivity contribution in [1.82, 2.24) is 9.78 Å². The number of nitrogens with zero attached hydrogens (tertiary/aromatic N) is 2. The molecule has 0 bridgehead atoms. The third-order valence-corrected chi connectivity index (χ3v) is 2.69. The van der Waals surface area contributed by atoms with Crippen LogP contribution in [-0.2, 0) is 5.41 Å². The van der Waals surface area contributed by atoms with Gasteiger partial charge in [0.15, 0.2) is 0 Å². The van der Waals surface area contributed by atoms with Gasteiger partial charge in [-0.3, -0.25) is 0 Å². The van der Waals surface area contributed by atoms with Gasteiger partial charge in [-0.15, -0.1) is 0 Å². The molecule has 0 N–H and O–H groups in total. The largest absolute Gasteiger partial charge is 0.543 e. The molecule has 4 nitrogen and oxygen atoms in total. The summed E-state index contributed by atoms with van der Waals surface area (Å²) in [6.07, 6.45) is 0. The number of carboxylic acid groups (broad SMARTS) is 1. The maximum Gasteiger partial charge on any atom is 0.108 e. The van der Waals surface area contributed by atoms with E-state index in [0.717, 1.165) is 11.4 Å². The van der Waals surface area contributed by atoms with Crippen LogP contribution in [0.3, 0.4) is 0 Å². The van der Waals surface area contributed by atoms with Crippen LogP contribution in [0.5, 0.6) is 0 Å². The highest BCUT2D eigenvalue weighted by Crippen LogP contribution is 2.25. The smallest absolute Gasteiger partial charge is 0.108 e. The normalized spacial score (nSPS) is 11.5. The predicted molar refractivity (Wildman–Crippen MR) is 66.6 cm³/mol. The van der Waals surface area contributed by atoms with Gasteiger partial charge in [0.1, 0.15) is 5.69 Å². The third-order valence-electron chi connectivity index (χ3n) is 2.69. The first-order chi connectivity index (χ1) is 8.39. The number of para-hydroxylation sites is 1. The van der Waals surface area contributed by atoms with Gasteiger partial charge in [0.25, 0.3) is 0 Å². The first-order valence-electron chi connectivity index (χ1n) is 5.77. The van der Waals surface area contributed by atoms with Crippen LogP contribution in [0.1, 0.15) is 37.0 Å². The zero-order valence-corrected chi connectivity index (χ0v) is 10.7. The van der Waals surface area contributed by atoms with Crippen molar-refractivity contribution in [2.24, 2.45) is 0 Å². The van der Waals surface area contributed by atoms with Gasteiger partial charge in [-0.2, -0.15) is 5.10 Å². The molecule has 1 aromatic heterocycles. The van der Waals surface area contributed by atoms with Gasteiger partial charge in [-0.05, 0) is 18.2 Å². The summed E-state index contributed by atoms with van der Waals surface area (Å²) in [5, 5.41) is 15.0. The molecule has 0 amide bonds. The van der Waals surface area contributed by atoms with E-state index in [9.17, 15) is 9.90 Å². The van der Waals surface area contributed by atoms with Crippen molar-refractivity contribution in [3.63, 3.8) is 0 Å². The Balaban J connectivity index is 2.62. The van der Waals surface area contributed by atoms with Gasteiger partial charge in [0.05, 0.1) is 17.4 Å². The molecule has 2 rings (SSSR count). The zero-order valence-electron chi connectivity index (χ0n) is 10.7. The van der Waals surface area contributed by atoms with Crippen LogP contribution >= 0.6 is 0 Å². The lowest BCUT2D eigenvalue weighted by Crippen LogP contribution is -2.22. The molecule has 0 atom stereocenters. The predicted octanol–water partition coefficient (Wildman–Crippen LogP) is 1.53. The van der Waals surface area contributed by atoms with Crippen molar-refractivity contribution in [3.05, 3.63) is 47.8 Å². The topological polar surface area (TPSA) is 57.9 Å². The maximum absolute atomic E-state index is 10.9. The van der Waals surface area contributed by atoms with E-state index in [1.807, 2.05) is 51.1 Å². The Morgan fingerprint density at radius 1 is 1.22 bits per heavy atom. The Hall–Kier alpha value is -2.10. The molecule has 4 heteroatoms. The number of carboxylic acids is 1. The number of carbonyl (C=O) groups is 1. The lowest BCUT2D eigenvalue weighted by molar-refractivity contribution is -0.255. The molecule has 0 saturated carbocycles. The fraction of sp³-hybridized carbons (Fsp3) is 0.286. The number of hydrogen-bond acceptors (Lipinski definition) is 3. The van der Waals surface area contributed by atoms with Gasteiger partial charge < -0.3 is 9.90 Å². The molecule has 0 aliphatic rings. The summed E-state index contributed by atoms with van der Waals surface area (Å²) in [7, 11) is 0. The highest BCUT2D eigenvalue weighted by Gasteiger charge is 2.21. The number of aromatic carboxylic acids is 1. The van der Waals surface area contributed by atoms with Gasteiger partial charge in [0.2, 0.25) is 0 Å². The van der Waals surface area contributed by atoms with E-state index in [1.54, 1.807) is 10.7 Å². The average molecular weight is 243 g/mol. The molecule has 18 heavy (non-hydrogen) atoms. The molecule has 0 saturated heterocycles. The Kier molecular flexibility index (Phi) is 2.95. The molecule has 0 fully saturated rings. The van der Waals surface area contributed by atoms with E-state index in [0.29, 0.717) is 0 Å². The highest BCUT2D eigenvalue weighted by molar-refractivity contribution is 5.83. The summed E-state index contributed by atoms with van der Waals surface area (Å²) in [5.74, 6) is -1.25. The van der Waals surface area contributed by atoms with E-state index in [4.69, 9.17) is 0 Å². The van der Waals surface area contributed by atoms with E-state index >= 15 is 0 Å². The first kappa shape index (κ1) is 12.4. The van der Waals surface area contributed by atoms with Crippen molar-refractivity contribution in [2.75, 3.05) is 0 Å². The summed E-state index contributed by atoms with van der Waals surface area (Å²) in [4.78, 5) is 10.9. The first-order valence-corrected chi connectivity index (χ1v) is 5.77. The van der Waals surface area contributed by atoms with Gasteiger partial charge in [-0.1, -0.05) is 39.0 Å². The Bertz CT molecular complexity index is 565. The Morgan fingerprint density at radius 2 is 1.83 bits per heavy atom. The number of aromatic nitrogens is 2. The Morgan fingerprint density at radius 3 is 2.33 bits per heavy atom. The molecule has 0 radical (unpaired) electrons. The van der Waals surface area contributed by atoms with Gasteiger partial charge in [0, 0.05) is 5.41 Å². The second-order valence-corrected chi connectivity index (χ2v) is 5.20. The molecule has 0 aliphatic heterocycles. The highest BCUT2D eigenvalue weighted by atomic mass is 16.4. The molecule has 2 aromatic rings. The van der Waals surface area contributed by atoms with Crippen LogP contribution in [0, 0.1) is 0 Å². The summed E-state index contributed by atoms with van der Waals surface area (Å²) >= 11 is 0. The standard InChI is InChI=1S/C14H16N2O2/c1-14(2,3)12-9-11(13(17)18)15-16(12)10-7-5-4-6-8-10/h4-9H,1-3H3,(H,17,18)/p-1. The van der Waals surface area contributed by atoms with Crippen molar-refractivity contribution in [2.45, 2.75) is 26.2 Å². The molecule has 1 aromatic carbocycles. The van der Waals surface area contributed by atoms with Crippen LogP contribution in [0.15, 0.2) is 36.4 Å². The summed E-state index contributed by atoms with van der Waals surface area (Å²) in [6, 6.07) is 11.0.